The molecule has 20 heavy (non-hydrogen) atoms. The van der Waals surface area contributed by atoms with Gasteiger partial charge in [-0.1, -0.05) is 0 Å². The first kappa shape index (κ1) is 13.3. The Morgan fingerprint density at radius 3 is 3.15 bits per heavy atom. The Kier molecular flexibility index (Phi) is 3.41. The maximum absolute atomic E-state index is 12.8. The second-order valence-electron chi connectivity index (χ2n) is 5.65. The van der Waals surface area contributed by atoms with Crippen LogP contribution in [-0.4, -0.2) is 29.5 Å². The van der Waals surface area contributed by atoms with E-state index in [0.29, 0.717) is 5.78 Å². The van der Waals surface area contributed by atoms with Crippen LogP contribution in [0, 0.1) is 5.92 Å². The second-order valence-corrected chi connectivity index (χ2v) is 8.78. The standard InChI is InChI=1S/C15H16O2S3/c16-14(13-7-12-11(20-13)2-5-19-12)10-1-4-17-15(8-10)3-6-18-9-15/h2,5,7,10H,1,3-4,6,8-9H2. The molecule has 2 aliphatic heterocycles. The average molecular weight is 324 g/mol. The third-order valence-corrected chi connectivity index (χ3v) is 7.64. The number of hydrogen-bond acceptors (Lipinski definition) is 5. The fraction of sp³-hybridized carbons (Fsp3) is 0.533. The lowest BCUT2D eigenvalue weighted by atomic mass is 9.82. The zero-order valence-electron chi connectivity index (χ0n) is 11.1. The molecule has 2 aliphatic rings. The normalized spacial score (nSPS) is 30.3. The zero-order valence-corrected chi connectivity index (χ0v) is 13.5. The van der Waals surface area contributed by atoms with Crippen LogP contribution in [-0.2, 0) is 4.74 Å². The van der Waals surface area contributed by atoms with Crippen LogP contribution in [0.2, 0.25) is 0 Å². The number of Topliss-reactive ketones (excluding diaryl/α,β-unsaturated/α-hetero) is 1. The van der Waals surface area contributed by atoms with E-state index in [0.717, 1.165) is 36.5 Å². The van der Waals surface area contributed by atoms with Gasteiger partial charge in [0, 0.05) is 27.7 Å². The van der Waals surface area contributed by atoms with Gasteiger partial charge in [0.05, 0.1) is 10.5 Å². The molecule has 0 N–H and O–H groups in total. The van der Waals surface area contributed by atoms with Crippen molar-refractivity contribution in [2.45, 2.75) is 24.9 Å². The number of carbonyl (C=O) groups is 1. The van der Waals surface area contributed by atoms with E-state index in [1.165, 1.54) is 15.2 Å². The van der Waals surface area contributed by atoms with Gasteiger partial charge in [0.25, 0.3) is 0 Å². The van der Waals surface area contributed by atoms with Gasteiger partial charge in [-0.25, -0.2) is 0 Å². The molecule has 106 valence electrons. The third-order valence-electron chi connectivity index (χ3n) is 4.31. The predicted molar refractivity (Wildman–Crippen MR) is 87.4 cm³/mol. The van der Waals surface area contributed by atoms with E-state index < -0.39 is 0 Å². The molecule has 4 rings (SSSR count). The first-order valence-corrected chi connectivity index (χ1v) is 9.84. The number of carbonyl (C=O) groups excluding carboxylic acids is 1. The molecule has 2 aromatic heterocycles. The fourth-order valence-electron chi connectivity index (χ4n) is 3.20. The number of thioether (sulfide) groups is 1. The lowest BCUT2D eigenvalue weighted by Crippen LogP contribution is -2.41. The molecule has 1 spiro atoms. The van der Waals surface area contributed by atoms with Gasteiger partial charge in [-0.3, -0.25) is 4.79 Å². The summed E-state index contributed by atoms with van der Waals surface area (Å²) in [6.07, 6.45) is 2.92. The van der Waals surface area contributed by atoms with Crippen LogP contribution in [0.25, 0.3) is 9.40 Å². The van der Waals surface area contributed by atoms with Crippen molar-refractivity contribution in [3.05, 3.63) is 22.4 Å². The van der Waals surface area contributed by atoms with Gasteiger partial charge < -0.3 is 4.74 Å². The van der Waals surface area contributed by atoms with Crippen LogP contribution >= 0.6 is 34.4 Å². The van der Waals surface area contributed by atoms with Gasteiger partial charge in [0.2, 0.25) is 0 Å². The molecular weight excluding hydrogens is 308 g/mol. The van der Waals surface area contributed by atoms with Crippen LogP contribution in [0.5, 0.6) is 0 Å². The minimum absolute atomic E-state index is 0.00210. The van der Waals surface area contributed by atoms with E-state index in [1.807, 2.05) is 11.8 Å². The molecule has 0 bridgehead atoms. The Balaban J connectivity index is 1.57. The number of hydrogen-bond donors (Lipinski definition) is 0. The number of ether oxygens (including phenoxy) is 1. The van der Waals surface area contributed by atoms with Crippen molar-refractivity contribution in [1.82, 2.24) is 0 Å². The Morgan fingerprint density at radius 2 is 2.35 bits per heavy atom. The highest BCUT2D eigenvalue weighted by atomic mass is 32.2. The topological polar surface area (TPSA) is 26.3 Å². The molecule has 2 saturated heterocycles. The Labute approximate surface area is 130 Å². The van der Waals surface area contributed by atoms with Crippen molar-refractivity contribution in [3.8, 4) is 0 Å². The number of fused-ring (bicyclic) bond motifs is 1. The summed E-state index contributed by atoms with van der Waals surface area (Å²) in [5, 5.41) is 2.09. The Morgan fingerprint density at radius 1 is 1.40 bits per heavy atom. The van der Waals surface area contributed by atoms with E-state index >= 15 is 0 Å². The lowest BCUT2D eigenvalue weighted by molar-refractivity contribution is -0.0734. The second kappa shape index (κ2) is 5.13. The minimum Gasteiger partial charge on any atom is -0.374 e. The van der Waals surface area contributed by atoms with Crippen molar-refractivity contribution >= 4 is 49.6 Å². The van der Waals surface area contributed by atoms with Crippen molar-refractivity contribution < 1.29 is 9.53 Å². The molecule has 2 nitrogen and oxygen atoms in total. The molecule has 5 heteroatoms. The maximum Gasteiger partial charge on any atom is 0.176 e. The first-order chi connectivity index (χ1) is 9.76. The SMILES string of the molecule is O=C(c1cc2sccc2s1)C1CCOC2(CCSC2)C1. The molecule has 2 fully saturated rings. The summed E-state index contributed by atoms with van der Waals surface area (Å²) in [4.78, 5) is 13.7. The van der Waals surface area contributed by atoms with Gasteiger partial charge in [0.15, 0.2) is 5.78 Å². The summed E-state index contributed by atoms with van der Waals surface area (Å²) < 4.78 is 8.51. The molecule has 2 unspecified atom stereocenters. The highest BCUT2D eigenvalue weighted by Gasteiger charge is 2.42. The van der Waals surface area contributed by atoms with E-state index in [9.17, 15) is 4.79 Å². The molecule has 0 aromatic carbocycles. The fourth-order valence-corrected chi connectivity index (χ4v) is 6.71. The minimum atomic E-state index is -0.00210. The predicted octanol–water partition coefficient (Wildman–Crippen LogP) is 4.45. The monoisotopic (exact) mass is 324 g/mol. The van der Waals surface area contributed by atoms with Crippen LogP contribution < -0.4 is 0 Å². The number of ketones is 1. The maximum atomic E-state index is 12.8. The van der Waals surface area contributed by atoms with Crippen molar-refractivity contribution in [2.24, 2.45) is 5.92 Å². The van der Waals surface area contributed by atoms with Gasteiger partial charge in [-0.05, 0) is 42.5 Å². The average Bonchev–Trinajstić information content (AvgIpc) is 3.13. The quantitative estimate of drug-likeness (QED) is 0.764. The Bertz CT molecular complexity index is 608. The smallest absolute Gasteiger partial charge is 0.176 e. The molecular formula is C15H16O2S3. The molecule has 0 saturated carbocycles. The third kappa shape index (κ3) is 2.25. The van der Waals surface area contributed by atoms with Crippen LogP contribution in [0.15, 0.2) is 17.5 Å². The van der Waals surface area contributed by atoms with E-state index in [-0.39, 0.29) is 11.5 Å². The summed E-state index contributed by atoms with van der Waals surface area (Å²) in [5.41, 5.74) is -0.00210. The summed E-state index contributed by atoms with van der Waals surface area (Å²) in [7, 11) is 0. The summed E-state index contributed by atoms with van der Waals surface area (Å²) in [6.45, 7) is 0.747. The van der Waals surface area contributed by atoms with Gasteiger partial charge in [-0.15, -0.1) is 22.7 Å². The lowest BCUT2D eigenvalue weighted by Gasteiger charge is -2.37. The van der Waals surface area contributed by atoms with E-state index in [1.54, 1.807) is 22.7 Å². The van der Waals surface area contributed by atoms with E-state index in [2.05, 4.69) is 17.5 Å². The van der Waals surface area contributed by atoms with Crippen molar-refractivity contribution in [3.63, 3.8) is 0 Å². The van der Waals surface area contributed by atoms with Crippen LogP contribution in [0.3, 0.4) is 0 Å². The summed E-state index contributed by atoms with van der Waals surface area (Å²) in [5.74, 6) is 2.75. The van der Waals surface area contributed by atoms with Crippen molar-refractivity contribution in [1.29, 1.82) is 0 Å². The largest absolute Gasteiger partial charge is 0.374 e. The van der Waals surface area contributed by atoms with Gasteiger partial charge in [-0.2, -0.15) is 11.8 Å². The Hall–Kier alpha value is -0.360. The van der Waals surface area contributed by atoms with E-state index in [4.69, 9.17) is 4.74 Å². The number of rotatable bonds is 2. The molecule has 2 aromatic rings. The van der Waals surface area contributed by atoms with Crippen LogP contribution in [0.4, 0.5) is 0 Å². The van der Waals surface area contributed by atoms with Gasteiger partial charge in [0.1, 0.15) is 0 Å². The highest BCUT2D eigenvalue weighted by Crippen LogP contribution is 2.42. The molecule has 0 aliphatic carbocycles. The van der Waals surface area contributed by atoms with Crippen LogP contribution in [0.1, 0.15) is 28.9 Å². The highest BCUT2D eigenvalue weighted by molar-refractivity contribution is 7.99. The first-order valence-electron chi connectivity index (χ1n) is 6.99. The number of thiophene rings is 2. The zero-order chi connectivity index (χ0) is 13.6. The molecule has 2 atom stereocenters. The molecule has 4 heterocycles. The van der Waals surface area contributed by atoms with Crippen molar-refractivity contribution in [2.75, 3.05) is 18.1 Å². The molecule has 0 amide bonds. The summed E-state index contributed by atoms with van der Waals surface area (Å²) >= 11 is 5.33. The summed E-state index contributed by atoms with van der Waals surface area (Å²) in [6, 6.07) is 4.19. The van der Waals surface area contributed by atoms with Gasteiger partial charge >= 0.3 is 0 Å². The molecule has 0 radical (unpaired) electrons.